The zero-order valence-electron chi connectivity index (χ0n) is 15.9. The fraction of sp³-hybridized carbons (Fsp3) is 0.261. The summed E-state index contributed by atoms with van der Waals surface area (Å²) < 4.78 is 5.88. The minimum absolute atomic E-state index is 0.0393. The molecule has 0 aliphatic heterocycles. The maximum absolute atomic E-state index is 10.5. The Labute approximate surface area is 160 Å². The zero-order chi connectivity index (χ0) is 19.4. The van der Waals surface area contributed by atoms with Crippen LogP contribution in [0, 0.1) is 11.3 Å². The summed E-state index contributed by atoms with van der Waals surface area (Å²) in [7, 11) is 3.93. The van der Waals surface area contributed by atoms with E-state index in [0.717, 1.165) is 27.6 Å². The Bertz CT molecular complexity index is 958. The third-order valence-corrected chi connectivity index (χ3v) is 4.94. The lowest BCUT2D eigenvalue weighted by molar-refractivity contribution is 0.0860. The highest BCUT2D eigenvalue weighted by atomic mass is 16.5. The van der Waals surface area contributed by atoms with Gasteiger partial charge in [-0.25, -0.2) is 0 Å². The Kier molecular flexibility index (Phi) is 5.75. The molecule has 0 radical (unpaired) electrons. The standard InChI is InChI=1S/C23H24N2O2/c1-16(25(2)3)23(26)21-9-8-20-13-22(11-10-19(20)12-21)27-15-18-6-4-17(14-24)5-7-18/h4-13,16,23,26H,15H2,1-3H3. The Hall–Kier alpha value is -2.87. The van der Waals surface area contributed by atoms with Gasteiger partial charge in [-0.1, -0.05) is 30.3 Å². The molecule has 0 saturated heterocycles. The summed E-state index contributed by atoms with van der Waals surface area (Å²) in [6, 6.07) is 21.5. The van der Waals surface area contributed by atoms with Gasteiger partial charge >= 0.3 is 0 Å². The van der Waals surface area contributed by atoms with Crippen LogP contribution in [0.25, 0.3) is 10.8 Å². The van der Waals surface area contributed by atoms with E-state index in [1.165, 1.54) is 0 Å². The van der Waals surface area contributed by atoms with Crippen LogP contribution in [0.4, 0.5) is 0 Å². The van der Waals surface area contributed by atoms with Crippen molar-refractivity contribution in [1.82, 2.24) is 4.90 Å². The van der Waals surface area contributed by atoms with Crippen LogP contribution in [0.2, 0.25) is 0 Å². The lowest BCUT2D eigenvalue weighted by Crippen LogP contribution is -2.30. The van der Waals surface area contributed by atoms with Crippen molar-refractivity contribution in [3.8, 4) is 11.8 Å². The summed E-state index contributed by atoms with van der Waals surface area (Å²) in [6.07, 6.45) is -0.531. The van der Waals surface area contributed by atoms with E-state index in [-0.39, 0.29) is 6.04 Å². The Morgan fingerprint density at radius 2 is 1.67 bits per heavy atom. The molecule has 0 amide bonds. The largest absolute Gasteiger partial charge is 0.489 e. The summed E-state index contributed by atoms with van der Waals surface area (Å²) in [4.78, 5) is 2.01. The lowest BCUT2D eigenvalue weighted by Gasteiger charge is -2.25. The molecule has 3 rings (SSSR count). The minimum Gasteiger partial charge on any atom is -0.489 e. The maximum Gasteiger partial charge on any atom is 0.120 e. The summed E-state index contributed by atoms with van der Waals surface area (Å²) in [5.41, 5.74) is 2.58. The van der Waals surface area contributed by atoms with Crippen molar-refractivity contribution in [2.45, 2.75) is 25.7 Å². The summed E-state index contributed by atoms with van der Waals surface area (Å²) >= 11 is 0. The number of likely N-dealkylation sites (N-methyl/N-ethyl adjacent to an activating group) is 1. The van der Waals surface area contributed by atoms with E-state index in [1.807, 2.05) is 74.4 Å². The fourth-order valence-electron chi connectivity index (χ4n) is 2.92. The van der Waals surface area contributed by atoms with Crippen LogP contribution in [0.15, 0.2) is 60.7 Å². The first-order valence-corrected chi connectivity index (χ1v) is 8.98. The molecule has 3 aromatic carbocycles. The highest BCUT2D eigenvalue weighted by molar-refractivity contribution is 5.84. The second kappa shape index (κ2) is 8.22. The van der Waals surface area contributed by atoms with Crippen molar-refractivity contribution in [2.75, 3.05) is 14.1 Å². The molecule has 4 heteroatoms. The maximum atomic E-state index is 10.5. The Morgan fingerprint density at radius 1 is 1.00 bits per heavy atom. The second-order valence-electron chi connectivity index (χ2n) is 7.01. The van der Waals surface area contributed by atoms with Gasteiger partial charge in [-0.3, -0.25) is 0 Å². The first-order chi connectivity index (χ1) is 13.0. The average molecular weight is 360 g/mol. The third-order valence-electron chi connectivity index (χ3n) is 4.94. The first kappa shape index (κ1) is 18.9. The van der Waals surface area contributed by atoms with Crippen molar-refractivity contribution >= 4 is 10.8 Å². The third kappa shape index (κ3) is 4.46. The zero-order valence-corrected chi connectivity index (χ0v) is 15.9. The van der Waals surface area contributed by atoms with Crippen LogP contribution >= 0.6 is 0 Å². The molecule has 0 saturated carbocycles. The quantitative estimate of drug-likeness (QED) is 0.713. The number of aliphatic hydroxyl groups is 1. The van der Waals surface area contributed by atoms with Crippen molar-refractivity contribution in [3.63, 3.8) is 0 Å². The predicted molar refractivity (Wildman–Crippen MR) is 108 cm³/mol. The molecule has 0 aromatic heterocycles. The van der Waals surface area contributed by atoms with E-state index < -0.39 is 6.10 Å². The van der Waals surface area contributed by atoms with Gasteiger partial charge in [0.1, 0.15) is 12.4 Å². The number of ether oxygens (including phenoxy) is 1. The van der Waals surface area contributed by atoms with Gasteiger partial charge < -0.3 is 14.7 Å². The number of rotatable bonds is 6. The van der Waals surface area contributed by atoms with Gasteiger partial charge in [0.05, 0.1) is 17.7 Å². The van der Waals surface area contributed by atoms with Crippen LogP contribution in [-0.2, 0) is 6.61 Å². The number of hydrogen-bond donors (Lipinski definition) is 1. The van der Waals surface area contributed by atoms with E-state index in [1.54, 1.807) is 12.1 Å². The molecule has 3 aromatic rings. The van der Waals surface area contributed by atoms with E-state index in [2.05, 4.69) is 6.07 Å². The fourth-order valence-corrected chi connectivity index (χ4v) is 2.92. The highest BCUT2D eigenvalue weighted by Gasteiger charge is 2.18. The monoisotopic (exact) mass is 360 g/mol. The molecule has 2 unspecified atom stereocenters. The molecular weight excluding hydrogens is 336 g/mol. The second-order valence-corrected chi connectivity index (χ2v) is 7.01. The van der Waals surface area contributed by atoms with Gasteiger partial charge in [0.2, 0.25) is 0 Å². The first-order valence-electron chi connectivity index (χ1n) is 8.98. The van der Waals surface area contributed by atoms with Crippen molar-refractivity contribution in [3.05, 3.63) is 77.4 Å². The van der Waals surface area contributed by atoms with E-state index >= 15 is 0 Å². The number of hydrogen-bond acceptors (Lipinski definition) is 4. The van der Waals surface area contributed by atoms with Gasteiger partial charge in [-0.05, 0) is 73.3 Å². The SMILES string of the molecule is CC(C(O)c1ccc2cc(OCc3ccc(C#N)cc3)ccc2c1)N(C)C. The van der Waals surface area contributed by atoms with E-state index in [9.17, 15) is 5.11 Å². The summed E-state index contributed by atoms with van der Waals surface area (Å²) in [5.74, 6) is 0.793. The van der Waals surface area contributed by atoms with Crippen LogP contribution in [-0.4, -0.2) is 30.1 Å². The lowest BCUT2D eigenvalue weighted by atomic mass is 9.99. The topological polar surface area (TPSA) is 56.5 Å². The van der Waals surface area contributed by atoms with Crippen molar-refractivity contribution in [2.24, 2.45) is 0 Å². The summed E-state index contributed by atoms with van der Waals surface area (Å²) in [5, 5.41) is 21.5. The average Bonchev–Trinajstić information content (AvgIpc) is 2.70. The number of aliphatic hydroxyl groups excluding tert-OH is 1. The number of nitrogens with zero attached hydrogens (tertiary/aromatic N) is 2. The predicted octanol–water partition coefficient (Wildman–Crippen LogP) is 4.27. The molecule has 0 aliphatic carbocycles. The molecule has 0 fully saturated rings. The van der Waals surface area contributed by atoms with Crippen LogP contribution in [0.3, 0.4) is 0 Å². The van der Waals surface area contributed by atoms with Gasteiger partial charge in [0.25, 0.3) is 0 Å². The molecule has 0 aliphatic rings. The molecule has 4 nitrogen and oxygen atoms in total. The number of fused-ring (bicyclic) bond motifs is 1. The number of benzene rings is 3. The van der Waals surface area contributed by atoms with Gasteiger partial charge in [0.15, 0.2) is 0 Å². The molecule has 2 atom stereocenters. The molecule has 0 bridgehead atoms. The van der Waals surface area contributed by atoms with Crippen molar-refractivity contribution < 1.29 is 9.84 Å². The Balaban J connectivity index is 1.73. The Morgan fingerprint density at radius 3 is 2.33 bits per heavy atom. The van der Waals surface area contributed by atoms with Gasteiger partial charge in [-0.2, -0.15) is 5.26 Å². The van der Waals surface area contributed by atoms with E-state index in [4.69, 9.17) is 10.00 Å². The molecule has 0 spiro atoms. The molecule has 138 valence electrons. The molecule has 0 heterocycles. The van der Waals surface area contributed by atoms with Crippen molar-refractivity contribution in [1.29, 1.82) is 5.26 Å². The highest BCUT2D eigenvalue weighted by Crippen LogP contribution is 2.27. The molecular formula is C23H24N2O2. The summed E-state index contributed by atoms with van der Waals surface area (Å²) in [6.45, 7) is 2.46. The van der Waals surface area contributed by atoms with Crippen LogP contribution in [0.1, 0.15) is 29.7 Å². The molecule has 1 N–H and O–H groups in total. The van der Waals surface area contributed by atoms with Gasteiger partial charge in [0, 0.05) is 6.04 Å². The smallest absolute Gasteiger partial charge is 0.120 e. The normalized spacial score (nSPS) is 13.3. The molecule has 27 heavy (non-hydrogen) atoms. The number of nitriles is 1. The van der Waals surface area contributed by atoms with Crippen LogP contribution in [0.5, 0.6) is 5.75 Å². The van der Waals surface area contributed by atoms with Gasteiger partial charge in [-0.15, -0.1) is 0 Å². The van der Waals surface area contributed by atoms with Crippen LogP contribution < -0.4 is 4.74 Å². The van der Waals surface area contributed by atoms with E-state index in [0.29, 0.717) is 12.2 Å². The minimum atomic E-state index is -0.531.